The number of carbonyl (C=O) groups is 4. The molecule has 1 unspecified atom stereocenters. The molecule has 3 aliphatic rings. The van der Waals surface area contributed by atoms with Crippen LogP contribution in [0.25, 0.3) is 11.0 Å². The number of nitrogens with zero attached hydrogens (tertiary/aromatic N) is 9. The van der Waals surface area contributed by atoms with E-state index in [4.69, 9.17) is 23.7 Å². The van der Waals surface area contributed by atoms with Gasteiger partial charge in [0, 0.05) is 71.1 Å². The summed E-state index contributed by atoms with van der Waals surface area (Å²) in [6.07, 6.45) is -4.82. The van der Waals surface area contributed by atoms with Crippen molar-refractivity contribution in [1.29, 1.82) is 0 Å². The molecular formula is C38H48N10O13S. The molecule has 24 heteroatoms. The minimum atomic E-state index is -1.88. The number of hydrogen-bond acceptors (Lipinski definition) is 18. The Morgan fingerprint density at radius 2 is 1.66 bits per heavy atom. The van der Waals surface area contributed by atoms with E-state index in [9.17, 15) is 39.6 Å². The van der Waals surface area contributed by atoms with Crippen molar-refractivity contribution < 1.29 is 63.3 Å². The van der Waals surface area contributed by atoms with Crippen molar-refractivity contribution in [3.63, 3.8) is 0 Å². The van der Waals surface area contributed by atoms with Gasteiger partial charge in [-0.3, -0.25) is 9.88 Å². The number of likely N-dealkylation sites (tertiary alicyclic amines) is 1. The summed E-state index contributed by atoms with van der Waals surface area (Å²) in [7, 11) is 7.94. The molecule has 7 rings (SSSR count). The number of carboxylic acids is 1. The Balaban J connectivity index is 0.887. The van der Waals surface area contributed by atoms with Gasteiger partial charge in [-0.25, -0.2) is 29.1 Å². The normalized spacial score (nSPS) is 24.3. The standard InChI is InChI=1S/C38H48N10O13S/c1-44(10-11-45(2)38(56)59-17-19-6-7-24(25(12-19)57-4)60-33-28(51)26(49)27(50)29(61-33)32(52)53)37(55)48-9-8-23-30(39-18-40-31(23)48)46(3)22-13-20-15-47(16-21(20)14-22)36(54)42-35-41-34(58-5)43-62-35/h6-9,12,18,20-22,26-29,33,49-51H,10-11,13-17H2,1-5H3,(H,52,53)(H,41,42,43,54)/t20-,21+,22?,26-,27-,28+,29-,33+/m0/s1. The molecule has 3 aromatic heterocycles. The molecule has 3 fully saturated rings. The number of amides is 4. The Labute approximate surface area is 358 Å². The third-order valence-electron chi connectivity index (χ3n) is 11.4. The Kier molecular flexibility index (Phi) is 13.1. The van der Waals surface area contributed by atoms with Gasteiger partial charge < -0.3 is 63.7 Å². The van der Waals surface area contributed by atoms with Gasteiger partial charge >= 0.3 is 30.1 Å². The average molecular weight is 885 g/mol. The molecule has 62 heavy (non-hydrogen) atoms. The fraction of sp³-hybridized carbons (Fsp3) is 0.526. The number of benzene rings is 1. The van der Waals surface area contributed by atoms with Crippen molar-refractivity contribution >= 4 is 57.6 Å². The van der Waals surface area contributed by atoms with Gasteiger partial charge in [-0.2, -0.15) is 4.98 Å². The van der Waals surface area contributed by atoms with Gasteiger partial charge in [-0.1, -0.05) is 6.07 Å². The van der Waals surface area contributed by atoms with Crippen LogP contribution in [0.2, 0.25) is 0 Å². The number of aliphatic carboxylic acids is 1. The SMILES string of the molecule is COc1nsc(NC(=O)N2C[C@H]3CC(N(C)c4ncnc5c4ccn5C(=O)N(C)CCN(C)C(=O)OCc4ccc(O[C@@H]5O[C@H](C(=O)O)[C@@H](O)[C@H](O)[C@H]5O)c(OC)c4)C[C@H]3C2)n1. The van der Waals surface area contributed by atoms with Gasteiger partial charge in [0.1, 0.15) is 37.1 Å². The monoisotopic (exact) mass is 884 g/mol. The number of anilines is 2. The van der Waals surface area contributed by atoms with Crippen molar-refractivity contribution in [3.05, 3.63) is 42.4 Å². The first-order valence-electron chi connectivity index (χ1n) is 19.5. The van der Waals surface area contributed by atoms with Crippen LogP contribution in [0.3, 0.4) is 0 Å². The topological polar surface area (TPSA) is 277 Å². The lowest BCUT2D eigenvalue weighted by atomic mass is 9.99. The number of aromatic nitrogens is 5. The van der Waals surface area contributed by atoms with E-state index in [-0.39, 0.29) is 55.3 Å². The van der Waals surface area contributed by atoms with Gasteiger partial charge in [0.2, 0.25) is 11.4 Å². The zero-order chi connectivity index (χ0) is 44.4. The number of carboxylic acid groups (broad SMARTS) is 1. The number of nitrogens with one attached hydrogen (secondary N) is 1. The number of carbonyl (C=O) groups excluding carboxylic acids is 3. The maximum Gasteiger partial charge on any atom is 0.409 e. The summed E-state index contributed by atoms with van der Waals surface area (Å²) in [6.45, 7) is 1.39. The Morgan fingerprint density at radius 3 is 2.34 bits per heavy atom. The molecule has 8 atom stereocenters. The lowest BCUT2D eigenvalue weighted by Crippen LogP contribution is -2.61. The zero-order valence-corrected chi connectivity index (χ0v) is 35.2. The summed E-state index contributed by atoms with van der Waals surface area (Å²) in [5.41, 5.74) is 0.935. The highest BCUT2D eigenvalue weighted by Crippen LogP contribution is 2.42. The summed E-state index contributed by atoms with van der Waals surface area (Å²) >= 11 is 1.06. The first-order valence-corrected chi connectivity index (χ1v) is 20.3. The largest absolute Gasteiger partial charge is 0.493 e. The maximum absolute atomic E-state index is 13.6. The molecule has 5 heterocycles. The predicted molar refractivity (Wildman–Crippen MR) is 217 cm³/mol. The number of fused-ring (bicyclic) bond motifs is 2. The van der Waals surface area contributed by atoms with Crippen molar-refractivity contribution in [1.82, 2.24) is 38.6 Å². The summed E-state index contributed by atoms with van der Waals surface area (Å²) < 4.78 is 32.1. The van der Waals surface area contributed by atoms with Crippen LogP contribution >= 0.6 is 11.5 Å². The number of urea groups is 1. The van der Waals surface area contributed by atoms with Crippen LogP contribution in [-0.4, -0.2) is 181 Å². The average Bonchev–Trinajstić information content (AvgIpc) is 4.08. The number of ether oxygens (including phenoxy) is 5. The molecule has 334 valence electrons. The second-order valence-corrected chi connectivity index (χ2v) is 16.1. The predicted octanol–water partition coefficient (Wildman–Crippen LogP) is 1.12. The molecule has 1 aliphatic carbocycles. The molecule has 4 amide bonds. The van der Waals surface area contributed by atoms with Crippen LogP contribution < -0.4 is 24.4 Å². The Morgan fingerprint density at radius 1 is 0.935 bits per heavy atom. The molecule has 2 aliphatic heterocycles. The number of aliphatic hydroxyl groups excluding tert-OH is 3. The van der Waals surface area contributed by atoms with Gasteiger partial charge in [-0.05, 0) is 48.4 Å². The fourth-order valence-corrected chi connectivity index (χ4v) is 8.44. The van der Waals surface area contributed by atoms with Crippen LogP contribution in [0, 0.1) is 11.8 Å². The first-order chi connectivity index (χ1) is 29.7. The third kappa shape index (κ3) is 9.09. The van der Waals surface area contributed by atoms with Crippen molar-refractivity contribution in [3.8, 4) is 17.5 Å². The summed E-state index contributed by atoms with van der Waals surface area (Å²) in [5.74, 6) is -0.0560. The van der Waals surface area contributed by atoms with Crippen LogP contribution in [0.1, 0.15) is 18.4 Å². The van der Waals surface area contributed by atoms with E-state index < -0.39 is 42.8 Å². The Bertz CT molecular complexity index is 2260. The maximum atomic E-state index is 13.6. The number of methoxy groups -OCH3 is 2. The number of aliphatic hydroxyl groups is 3. The van der Waals surface area contributed by atoms with E-state index in [1.165, 1.54) is 60.2 Å². The second kappa shape index (κ2) is 18.5. The smallest absolute Gasteiger partial charge is 0.409 e. The third-order valence-corrected chi connectivity index (χ3v) is 12.0. The van der Waals surface area contributed by atoms with E-state index in [0.717, 1.165) is 24.4 Å². The fourth-order valence-electron chi connectivity index (χ4n) is 7.91. The Hall–Kier alpha value is -6.08. The summed E-state index contributed by atoms with van der Waals surface area (Å²) in [5, 5.41) is 43.6. The van der Waals surface area contributed by atoms with Crippen LogP contribution in [-0.2, 0) is 20.9 Å². The van der Waals surface area contributed by atoms with Crippen LogP contribution in [0.4, 0.5) is 25.3 Å². The summed E-state index contributed by atoms with van der Waals surface area (Å²) in [4.78, 5) is 70.8. The molecule has 1 saturated carbocycles. The molecule has 0 bridgehead atoms. The van der Waals surface area contributed by atoms with E-state index in [1.54, 1.807) is 13.2 Å². The summed E-state index contributed by atoms with van der Waals surface area (Å²) in [6, 6.07) is 6.08. The molecule has 0 radical (unpaired) electrons. The molecule has 5 N–H and O–H groups in total. The van der Waals surface area contributed by atoms with Crippen LogP contribution in [0.15, 0.2) is 36.8 Å². The molecule has 1 aromatic carbocycles. The zero-order valence-electron chi connectivity index (χ0n) is 34.4. The number of likely N-dealkylation sites (N-methyl/N-ethyl adjacent to an activating group) is 2. The minimum absolute atomic E-state index is 0.0234. The minimum Gasteiger partial charge on any atom is -0.493 e. The highest BCUT2D eigenvalue weighted by molar-refractivity contribution is 7.10. The van der Waals surface area contributed by atoms with Gasteiger partial charge in [-0.15, -0.1) is 4.37 Å². The van der Waals surface area contributed by atoms with Gasteiger partial charge in [0.25, 0.3) is 0 Å². The highest BCUT2D eigenvalue weighted by atomic mass is 32.1. The molecule has 0 spiro atoms. The quantitative estimate of drug-likeness (QED) is 0.126. The molecule has 23 nitrogen and oxygen atoms in total. The number of rotatable bonds is 13. The van der Waals surface area contributed by atoms with E-state index in [1.807, 2.05) is 18.0 Å². The lowest BCUT2D eigenvalue weighted by molar-refractivity contribution is -0.271. The van der Waals surface area contributed by atoms with Gasteiger partial charge in [0.05, 0.1) is 19.6 Å². The molecule has 4 aromatic rings. The molecule has 2 saturated heterocycles. The second-order valence-electron chi connectivity index (χ2n) is 15.3. The number of hydrogen-bond donors (Lipinski definition) is 5. The van der Waals surface area contributed by atoms with Crippen molar-refractivity contribution in [2.24, 2.45) is 11.8 Å². The van der Waals surface area contributed by atoms with Crippen molar-refractivity contribution in [2.45, 2.75) is 56.2 Å². The van der Waals surface area contributed by atoms with E-state index >= 15 is 0 Å². The lowest BCUT2D eigenvalue weighted by Gasteiger charge is -2.38. The van der Waals surface area contributed by atoms with E-state index in [2.05, 4.69) is 29.5 Å². The van der Waals surface area contributed by atoms with E-state index in [0.29, 0.717) is 52.5 Å². The van der Waals surface area contributed by atoms with Crippen molar-refractivity contribution in [2.75, 3.05) is 71.8 Å². The van der Waals surface area contributed by atoms with Crippen LogP contribution in [0.5, 0.6) is 17.5 Å². The van der Waals surface area contributed by atoms with Gasteiger partial charge in [0.15, 0.2) is 23.3 Å². The molecular weight excluding hydrogens is 837 g/mol. The highest BCUT2D eigenvalue weighted by Gasteiger charge is 2.48. The first kappa shape index (κ1) is 44.0.